The van der Waals surface area contributed by atoms with E-state index in [9.17, 15) is 0 Å². The Morgan fingerprint density at radius 2 is 1.83 bits per heavy atom. The van der Waals surface area contributed by atoms with Crippen LogP contribution in [0.1, 0.15) is 5.56 Å². The van der Waals surface area contributed by atoms with Gasteiger partial charge in [0.05, 0.1) is 21.8 Å². The molecule has 0 bridgehead atoms. The lowest BCUT2D eigenvalue weighted by molar-refractivity contribution is 0.375. The number of benzene rings is 2. The van der Waals surface area contributed by atoms with Crippen LogP contribution in [0.2, 0.25) is 10.0 Å². The average Bonchev–Trinajstić information content (AvgIpc) is 3.13. The number of guanidine groups is 1. The first kappa shape index (κ1) is 15.2. The van der Waals surface area contributed by atoms with Crippen molar-refractivity contribution in [3.8, 4) is 11.1 Å². The number of nitrogens with zero attached hydrogens (tertiary/aromatic N) is 2. The molecule has 2 heterocycles. The highest BCUT2D eigenvalue weighted by Crippen LogP contribution is 2.38. The monoisotopic (exact) mass is 361 g/mol. The molecular weight excluding hydrogens is 349 g/mol. The van der Waals surface area contributed by atoms with Crippen LogP contribution in [0.3, 0.4) is 0 Å². The van der Waals surface area contributed by atoms with Gasteiger partial charge in [0.25, 0.3) is 0 Å². The van der Waals surface area contributed by atoms with Crippen molar-refractivity contribution in [2.45, 2.75) is 5.79 Å². The van der Waals surface area contributed by atoms with Crippen LogP contribution in [0.5, 0.6) is 0 Å². The third-order valence-corrected chi connectivity index (χ3v) is 4.49. The predicted octanol–water partition coefficient (Wildman–Crippen LogP) is 2.03. The minimum Gasteiger partial charge on any atom is -0.369 e. The maximum atomic E-state index is 6.48. The van der Waals surface area contributed by atoms with Crippen molar-refractivity contribution in [2.24, 2.45) is 16.5 Å². The van der Waals surface area contributed by atoms with Crippen LogP contribution in [0, 0.1) is 0 Å². The average molecular weight is 362 g/mol. The summed E-state index contributed by atoms with van der Waals surface area (Å²) in [5.41, 5.74) is 20.4. The van der Waals surface area contributed by atoms with Gasteiger partial charge in [-0.3, -0.25) is 16.3 Å². The number of rotatable bonds is 2. The number of fused-ring (bicyclic) bond motifs is 1. The molecule has 4 rings (SSSR count). The predicted molar refractivity (Wildman–Crippen MR) is 95.3 cm³/mol. The van der Waals surface area contributed by atoms with Crippen LogP contribution in [0.15, 0.2) is 41.5 Å². The van der Waals surface area contributed by atoms with Crippen LogP contribution in [-0.4, -0.2) is 16.2 Å². The second kappa shape index (κ2) is 5.35. The van der Waals surface area contributed by atoms with E-state index in [-0.39, 0.29) is 5.96 Å². The maximum absolute atomic E-state index is 6.48. The fourth-order valence-electron chi connectivity index (χ4n) is 2.71. The second-order valence-electron chi connectivity index (χ2n) is 5.50. The van der Waals surface area contributed by atoms with E-state index in [1.165, 1.54) is 0 Å². The lowest BCUT2D eigenvalue weighted by atomic mass is 10.00. The molecule has 7 nitrogen and oxygen atoms in total. The van der Waals surface area contributed by atoms with E-state index in [1.54, 1.807) is 18.3 Å². The largest absolute Gasteiger partial charge is 0.369 e. The van der Waals surface area contributed by atoms with E-state index >= 15 is 0 Å². The number of aromatic nitrogens is 2. The smallest absolute Gasteiger partial charge is 0.209 e. The normalized spacial score (nSPS) is 20.2. The number of aliphatic imine (C=N–C) groups is 1. The Morgan fingerprint density at radius 1 is 1.08 bits per heavy atom. The molecule has 122 valence electrons. The second-order valence-corrected chi connectivity index (χ2v) is 6.31. The zero-order valence-electron chi connectivity index (χ0n) is 12.3. The van der Waals surface area contributed by atoms with Crippen LogP contribution >= 0.6 is 23.2 Å². The molecule has 1 aromatic heterocycles. The number of hydrogen-bond donors (Lipinski definition) is 5. The summed E-state index contributed by atoms with van der Waals surface area (Å²) >= 11 is 13.0. The van der Waals surface area contributed by atoms with Gasteiger partial charge >= 0.3 is 0 Å². The van der Waals surface area contributed by atoms with Crippen molar-refractivity contribution in [1.29, 1.82) is 0 Å². The highest BCUT2D eigenvalue weighted by atomic mass is 35.5. The fourth-order valence-corrected chi connectivity index (χ4v) is 3.41. The summed E-state index contributed by atoms with van der Waals surface area (Å²) < 4.78 is 0. The standard InChI is InChI=1S/C15H13Cl2N7/c16-10-4-9(15(19)21-14(18)23-24-15)5-11(17)13(10)7-1-2-12-8(3-7)6-20-22-12/h1-6,24H,19H2,(H,20,22)(H3,18,21,23). The highest BCUT2D eigenvalue weighted by molar-refractivity contribution is 6.39. The molecule has 0 radical (unpaired) electrons. The van der Waals surface area contributed by atoms with Gasteiger partial charge < -0.3 is 5.73 Å². The number of halogens is 2. The van der Waals surface area contributed by atoms with Crippen LogP contribution in [0.25, 0.3) is 22.0 Å². The topological polar surface area (TPSA) is 117 Å². The molecule has 0 saturated carbocycles. The Morgan fingerprint density at radius 3 is 2.50 bits per heavy atom. The van der Waals surface area contributed by atoms with Crippen molar-refractivity contribution in [1.82, 2.24) is 21.0 Å². The van der Waals surface area contributed by atoms with E-state index in [0.717, 1.165) is 22.0 Å². The Bertz CT molecular complexity index is 958. The van der Waals surface area contributed by atoms with Gasteiger partial charge in [-0.15, -0.1) is 0 Å². The number of hydrogen-bond acceptors (Lipinski definition) is 6. The molecule has 9 heteroatoms. The van der Waals surface area contributed by atoms with Crippen molar-refractivity contribution < 1.29 is 0 Å². The summed E-state index contributed by atoms with van der Waals surface area (Å²) in [6.07, 6.45) is 1.75. The Kier molecular flexibility index (Phi) is 3.40. The summed E-state index contributed by atoms with van der Waals surface area (Å²) in [6.45, 7) is 0. The Hall–Kier alpha value is -2.32. The molecule has 0 amide bonds. The quantitative estimate of drug-likeness (QED) is 0.478. The van der Waals surface area contributed by atoms with E-state index in [4.69, 9.17) is 34.7 Å². The van der Waals surface area contributed by atoms with Crippen LogP contribution in [-0.2, 0) is 5.79 Å². The lowest BCUT2D eigenvalue weighted by Crippen LogP contribution is -2.50. The molecular formula is C15H13Cl2N7. The zero-order valence-corrected chi connectivity index (χ0v) is 13.8. The fraction of sp³-hybridized carbons (Fsp3) is 0.0667. The zero-order chi connectivity index (χ0) is 16.9. The van der Waals surface area contributed by atoms with E-state index < -0.39 is 5.79 Å². The van der Waals surface area contributed by atoms with Crippen LogP contribution < -0.4 is 22.3 Å². The minimum atomic E-state index is -1.22. The molecule has 0 fully saturated rings. The summed E-state index contributed by atoms with van der Waals surface area (Å²) in [6, 6.07) is 9.26. The number of nitrogens with two attached hydrogens (primary N) is 2. The number of H-pyrrole nitrogens is 1. The van der Waals surface area contributed by atoms with E-state index in [1.807, 2.05) is 18.2 Å². The number of aromatic amines is 1. The Balaban J connectivity index is 1.83. The van der Waals surface area contributed by atoms with E-state index in [0.29, 0.717) is 15.6 Å². The van der Waals surface area contributed by atoms with Gasteiger partial charge in [0.15, 0.2) is 0 Å². The Labute approximate surface area is 147 Å². The van der Waals surface area contributed by atoms with Crippen molar-refractivity contribution in [3.63, 3.8) is 0 Å². The maximum Gasteiger partial charge on any atom is 0.209 e. The molecule has 0 spiro atoms. The molecule has 0 saturated heterocycles. The van der Waals surface area contributed by atoms with E-state index in [2.05, 4.69) is 26.0 Å². The van der Waals surface area contributed by atoms with Gasteiger partial charge in [0, 0.05) is 16.5 Å². The molecule has 3 aromatic rings. The third kappa shape index (κ3) is 2.38. The van der Waals surface area contributed by atoms with Crippen LogP contribution in [0.4, 0.5) is 0 Å². The molecule has 24 heavy (non-hydrogen) atoms. The third-order valence-electron chi connectivity index (χ3n) is 3.89. The van der Waals surface area contributed by atoms with Gasteiger partial charge in [-0.2, -0.15) is 10.5 Å². The highest BCUT2D eigenvalue weighted by Gasteiger charge is 2.32. The van der Waals surface area contributed by atoms with Gasteiger partial charge in [-0.05, 0) is 29.8 Å². The minimum absolute atomic E-state index is 0.194. The molecule has 1 aliphatic heterocycles. The van der Waals surface area contributed by atoms with Crippen molar-refractivity contribution >= 4 is 40.1 Å². The molecule has 2 aromatic carbocycles. The number of hydrazine groups is 1. The SMILES string of the molecule is NC1=NC(N)(c2cc(Cl)c(-c3ccc4[nH]ncc4c3)c(Cl)c2)NN1. The molecule has 1 aliphatic rings. The van der Waals surface area contributed by atoms with Crippen molar-refractivity contribution in [3.05, 3.63) is 52.1 Å². The molecule has 7 N–H and O–H groups in total. The van der Waals surface area contributed by atoms with Crippen molar-refractivity contribution in [2.75, 3.05) is 0 Å². The summed E-state index contributed by atoms with van der Waals surface area (Å²) in [4.78, 5) is 4.13. The molecule has 0 aliphatic carbocycles. The number of nitrogens with one attached hydrogen (secondary N) is 3. The lowest BCUT2D eigenvalue weighted by Gasteiger charge is -2.22. The first-order valence-electron chi connectivity index (χ1n) is 7.07. The first-order chi connectivity index (χ1) is 11.5. The van der Waals surface area contributed by atoms with Gasteiger partial charge in [-0.25, -0.2) is 4.99 Å². The summed E-state index contributed by atoms with van der Waals surface area (Å²) in [7, 11) is 0. The summed E-state index contributed by atoms with van der Waals surface area (Å²) in [5, 5.41) is 8.82. The van der Waals surface area contributed by atoms with Gasteiger partial charge in [-0.1, -0.05) is 29.3 Å². The molecule has 1 unspecified atom stereocenters. The first-order valence-corrected chi connectivity index (χ1v) is 7.82. The summed E-state index contributed by atoms with van der Waals surface area (Å²) in [5.74, 6) is -1.02. The van der Waals surface area contributed by atoms with Gasteiger partial charge in [0.1, 0.15) is 0 Å². The molecule has 1 atom stereocenters. The van der Waals surface area contributed by atoms with Gasteiger partial charge in [0.2, 0.25) is 11.7 Å².